The Morgan fingerprint density at radius 1 is 1.30 bits per heavy atom. The molecule has 1 saturated carbocycles. The van der Waals surface area contributed by atoms with E-state index in [-0.39, 0.29) is 5.91 Å². The van der Waals surface area contributed by atoms with Crippen molar-refractivity contribution in [3.63, 3.8) is 0 Å². The van der Waals surface area contributed by atoms with Gasteiger partial charge in [-0.25, -0.2) is 9.59 Å². The van der Waals surface area contributed by atoms with Crippen molar-refractivity contribution in [3.8, 4) is 0 Å². The summed E-state index contributed by atoms with van der Waals surface area (Å²) >= 11 is 0. The number of rotatable bonds is 5. The number of amides is 3. The maximum Gasteiger partial charge on any atom is 0.329 e. The molecule has 1 aliphatic rings. The molecule has 0 aromatic heterocycles. The number of carbonyl (C=O) groups is 3. The number of hydrogen-bond acceptors (Lipinski definition) is 3. The summed E-state index contributed by atoms with van der Waals surface area (Å²) in [5, 5.41) is 14.3. The number of carbonyl (C=O) groups excluding carboxylic acids is 2. The molecular weight excluding hydrogens is 262 g/mol. The molecule has 0 radical (unpaired) electrons. The van der Waals surface area contributed by atoms with E-state index >= 15 is 0 Å². The molecule has 1 fully saturated rings. The van der Waals surface area contributed by atoms with Crippen LogP contribution < -0.4 is 10.6 Å². The number of urea groups is 1. The van der Waals surface area contributed by atoms with Gasteiger partial charge < -0.3 is 20.6 Å². The SMILES string of the molecule is CCN(C)C(=O)C(C)NC(=O)NC1(C(=O)O)CCCC1. The summed E-state index contributed by atoms with van der Waals surface area (Å²) in [6, 6.07) is -1.30. The van der Waals surface area contributed by atoms with Crippen LogP contribution in [0.5, 0.6) is 0 Å². The van der Waals surface area contributed by atoms with Crippen molar-refractivity contribution in [1.29, 1.82) is 0 Å². The standard InChI is InChI=1S/C13H23N3O4/c1-4-16(3)10(17)9(2)14-12(20)15-13(11(18)19)7-5-6-8-13/h9H,4-8H2,1-3H3,(H,18,19)(H2,14,15,20). The number of hydrogen-bond donors (Lipinski definition) is 3. The molecule has 0 spiro atoms. The van der Waals surface area contributed by atoms with Crippen molar-refractivity contribution in [2.45, 2.75) is 51.1 Å². The van der Waals surface area contributed by atoms with Crippen molar-refractivity contribution in [2.75, 3.05) is 13.6 Å². The second-order valence-corrected chi connectivity index (χ2v) is 5.27. The van der Waals surface area contributed by atoms with Gasteiger partial charge in [0.05, 0.1) is 0 Å². The van der Waals surface area contributed by atoms with E-state index in [9.17, 15) is 19.5 Å². The van der Waals surface area contributed by atoms with Gasteiger partial charge in [-0.15, -0.1) is 0 Å². The highest BCUT2D eigenvalue weighted by Crippen LogP contribution is 2.29. The fourth-order valence-corrected chi connectivity index (χ4v) is 2.37. The summed E-state index contributed by atoms with van der Waals surface area (Å²) < 4.78 is 0. The van der Waals surface area contributed by atoms with Gasteiger partial charge in [0.1, 0.15) is 11.6 Å². The molecule has 3 N–H and O–H groups in total. The van der Waals surface area contributed by atoms with Crippen LogP contribution in [0, 0.1) is 0 Å². The van der Waals surface area contributed by atoms with Crippen LogP contribution in [0.1, 0.15) is 39.5 Å². The lowest BCUT2D eigenvalue weighted by Gasteiger charge is -2.27. The lowest BCUT2D eigenvalue weighted by molar-refractivity contribution is -0.144. The quantitative estimate of drug-likeness (QED) is 0.687. The molecule has 3 amide bonds. The second-order valence-electron chi connectivity index (χ2n) is 5.27. The van der Waals surface area contributed by atoms with Gasteiger partial charge in [-0.1, -0.05) is 12.8 Å². The first-order valence-corrected chi connectivity index (χ1v) is 6.89. The minimum Gasteiger partial charge on any atom is -0.480 e. The van der Waals surface area contributed by atoms with E-state index in [2.05, 4.69) is 10.6 Å². The number of likely N-dealkylation sites (N-methyl/N-ethyl adjacent to an activating group) is 1. The molecule has 1 unspecified atom stereocenters. The van der Waals surface area contributed by atoms with Gasteiger partial charge in [-0.3, -0.25) is 4.79 Å². The summed E-state index contributed by atoms with van der Waals surface area (Å²) in [6.45, 7) is 3.96. The molecular formula is C13H23N3O4. The number of carboxylic acids is 1. The van der Waals surface area contributed by atoms with Gasteiger partial charge in [0, 0.05) is 13.6 Å². The molecule has 7 nitrogen and oxygen atoms in total. The van der Waals surface area contributed by atoms with Crippen LogP contribution in [0.25, 0.3) is 0 Å². The molecule has 0 bridgehead atoms. The fourth-order valence-electron chi connectivity index (χ4n) is 2.37. The third kappa shape index (κ3) is 3.61. The summed E-state index contributed by atoms with van der Waals surface area (Å²) in [7, 11) is 1.65. The maximum atomic E-state index is 11.9. The Morgan fingerprint density at radius 3 is 2.30 bits per heavy atom. The molecule has 0 heterocycles. The van der Waals surface area contributed by atoms with Crippen molar-refractivity contribution in [3.05, 3.63) is 0 Å². The molecule has 1 aliphatic carbocycles. The van der Waals surface area contributed by atoms with Crippen molar-refractivity contribution < 1.29 is 19.5 Å². The van der Waals surface area contributed by atoms with Crippen LogP contribution in [-0.2, 0) is 9.59 Å². The van der Waals surface area contributed by atoms with E-state index in [1.165, 1.54) is 4.90 Å². The van der Waals surface area contributed by atoms with Gasteiger partial charge in [0.25, 0.3) is 0 Å². The molecule has 7 heteroatoms. The predicted molar refractivity (Wildman–Crippen MR) is 73.3 cm³/mol. The molecule has 1 rings (SSSR count). The Labute approximate surface area is 118 Å². The fraction of sp³-hybridized carbons (Fsp3) is 0.769. The van der Waals surface area contributed by atoms with E-state index in [0.29, 0.717) is 19.4 Å². The third-order valence-electron chi connectivity index (χ3n) is 3.79. The average Bonchev–Trinajstić information content (AvgIpc) is 2.86. The van der Waals surface area contributed by atoms with Crippen LogP contribution >= 0.6 is 0 Å². The molecule has 0 saturated heterocycles. The normalized spacial score (nSPS) is 18.1. The number of nitrogens with zero attached hydrogens (tertiary/aromatic N) is 1. The van der Waals surface area contributed by atoms with Crippen LogP contribution in [0.4, 0.5) is 4.79 Å². The zero-order valence-electron chi connectivity index (χ0n) is 12.2. The monoisotopic (exact) mass is 285 g/mol. The molecule has 1 atom stereocenters. The summed E-state index contributed by atoms with van der Waals surface area (Å²) in [5.74, 6) is -1.23. The highest BCUT2D eigenvalue weighted by Gasteiger charge is 2.42. The Balaban J connectivity index is 2.59. The van der Waals surface area contributed by atoms with Gasteiger partial charge in [0.2, 0.25) is 5.91 Å². The summed E-state index contributed by atoms with van der Waals surface area (Å²) in [6.07, 6.45) is 2.40. The minimum atomic E-state index is -1.19. The van der Waals surface area contributed by atoms with Crippen LogP contribution in [0.2, 0.25) is 0 Å². The Kier molecular flexibility index (Phi) is 5.35. The summed E-state index contributed by atoms with van der Waals surface area (Å²) in [5.41, 5.74) is -1.19. The lowest BCUT2D eigenvalue weighted by Crippen LogP contribution is -2.58. The second kappa shape index (κ2) is 6.58. The van der Waals surface area contributed by atoms with E-state index in [1.807, 2.05) is 6.92 Å². The first-order valence-electron chi connectivity index (χ1n) is 6.89. The van der Waals surface area contributed by atoms with Crippen molar-refractivity contribution >= 4 is 17.9 Å². The van der Waals surface area contributed by atoms with Crippen LogP contribution in [0.3, 0.4) is 0 Å². The van der Waals surface area contributed by atoms with Crippen LogP contribution in [0.15, 0.2) is 0 Å². The smallest absolute Gasteiger partial charge is 0.329 e. The molecule has 20 heavy (non-hydrogen) atoms. The van der Waals surface area contributed by atoms with Gasteiger partial charge in [0.15, 0.2) is 0 Å². The number of carboxylic acid groups (broad SMARTS) is 1. The third-order valence-corrected chi connectivity index (χ3v) is 3.79. The van der Waals surface area contributed by atoms with E-state index in [0.717, 1.165) is 12.8 Å². The van der Waals surface area contributed by atoms with E-state index < -0.39 is 23.6 Å². The zero-order chi connectivity index (χ0) is 15.3. The summed E-state index contributed by atoms with van der Waals surface area (Å²) in [4.78, 5) is 36.5. The Hall–Kier alpha value is -1.79. The highest BCUT2D eigenvalue weighted by atomic mass is 16.4. The molecule has 0 aliphatic heterocycles. The van der Waals surface area contributed by atoms with Crippen molar-refractivity contribution in [2.24, 2.45) is 0 Å². The highest BCUT2D eigenvalue weighted by molar-refractivity contribution is 5.90. The minimum absolute atomic E-state index is 0.210. The Bertz CT molecular complexity index is 391. The molecule has 114 valence electrons. The predicted octanol–water partition coefficient (Wildman–Crippen LogP) is 0.550. The first kappa shape index (κ1) is 16.3. The topological polar surface area (TPSA) is 98.7 Å². The van der Waals surface area contributed by atoms with E-state index in [4.69, 9.17) is 0 Å². The van der Waals surface area contributed by atoms with Gasteiger partial charge >= 0.3 is 12.0 Å². The lowest BCUT2D eigenvalue weighted by atomic mass is 9.98. The van der Waals surface area contributed by atoms with E-state index in [1.54, 1.807) is 14.0 Å². The average molecular weight is 285 g/mol. The van der Waals surface area contributed by atoms with Crippen LogP contribution in [-0.4, -0.2) is 53.1 Å². The molecule has 0 aromatic rings. The largest absolute Gasteiger partial charge is 0.480 e. The first-order chi connectivity index (χ1) is 9.32. The molecule has 0 aromatic carbocycles. The Morgan fingerprint density at radius 2 is 1.85 bits per heavy atom. The van der Waals surface area contributed by atoms with Gasteiger partial charge in [-0.2, -0.15) is 0 Å². The van der Waals surface area contributed by atoms with Crippen molar-refractivity contribution in [1.82, 2.24) is 15.5 Å². The van der Waals surface area contributed by atoms with Gasteiger partial charge in [-0.05, 0) is 26.7 Å². The maximum absolute atomic E-state index is 11.9. The number of nitrogens with one attached hydrogen (secondary N) is 2. The zero-order valence-corrected chi connectivity index (χ0v) is 12.2. The number of aliphatic carboxylic acids is 1.